The van der Waals surface area contributed by atoms with Gasteiger partial charge in [-0.15, -0.1) is 21.5 Å². The van der Waals surface area contributed by atoms with E-state index in [0.29, 0.717) is 16.7 Å². The van der Waals surface area contributed by atoms with E-state index < -0.39 is 0 Å². The minimum absolute atomic E-state index is 0.154. The Bertz CT molecular complexity index is 850. The van der Waals surface area contributed by atoms with Gasteiger partial charge in [0.2, 0.25) is 5.13 Å². The van der Waals surface area contributed by atoms with Crippen molar-refractivity contribution in [2.75, 3.05) is 11.9 Å². The number of nitrogens with zero attached hydrogens (tertiary/aromatic N) is 4. The molecule has 26 heavy (non-hydrogen) atoms. The Labute approximate surface area is 159 Å². The maximum atomic E-state index is 12.4. The molecule has 1 amide bonds. The predicted molar refractivity (Wildman–Crippen MR) is 103 cm³/mol. The van der Waals surface area contributed by atoms with Gasteiger partial charge in [-0.25, -0.2) is 4.98 Å². The molecular weight excluding hydrogens is 366 g/mol. The van der Waals surface area contributed by atoms with Crippen LogP contribution >= 0.6 is 22.7 Å². The van der Waals surface area contributed by atoms with Gasteiger partial charge in [0.1, 0.15) is 10.5 Å². The molecule has 8 heteroatoms. The van der Waals surface area contributed by atoms with Crippen LogP contribution in [0.15, 0.2) is 41.4 Å². The standard InChI is InChI=1S/C18H19N5OS2/c24-16(21-18-22-20-12-26-18)14-5-3-4-13(10-14)11-23-8-2-1-6-15(23)17-19-7-9-25-17/h3-5,7,9-10,12,15H,1-2,6,8,11H2,(H,21,22,24)/t15-/m1/s1. The Morgan fingerprint density at radius 1 is 1.31 bits per heavy atom. The molecule has 134 valence electrons. The van der Waals surface area contributed by atoms with Crippen molar-refractivity contribution in [3.05, 3.63) is 57.5 Å². The zero-order valence-corrected chi connectivity index (χ0v) is 15.8. The molecule has 2 aromatic heterocycles. The molecule has 3 aromatic rings. The van der Waals surface area contributed by atoms with Crippen molar-refractivity contribution in [1.29, 1.82) is 0 Å². The molecule has 0 unspecified atom stereocenters. The number of piperidine rings is 1. The lowest BCUT2D eigenvalue weighted by molar-refractivity contribution is 0.102. The first-order valence-electron chi connectivity index (χ1n) is 8.59. The highest BCUT2D eigenvalue weighted by molar-refractivity contribution is 7.13. The lowest BCUT2D eigenvalue weighted by Crippen LogP contribution is -2.32. The molecule has 1 N–H and O–H groups in total. The van der Waals surface area contributed by atoms with Gasteiger partial charge in [-0.1, -0.05) is 29.9 Å². The summed E-state index contributed by atoms with van der Waals surface area (Å²) in [6.45, 7) is 1.88. The number of carbonyl (C=O) groups is 1. The molecule has 1 aromatic carbocycles. The third kappa shape index (κ3) is 3.98. The van der Waals surface area contributed by atoms with E-state index in [1.165, 1.54) is 29.2 Å². The SMILES string of the molecule is O=C(Nc1nncs1)c1cccc(CN2CCCC[C@@H]2c2nccs2)c1. The molecule has 1 saturated heterocycles. The highest BCUT2D eigenvalue weighted by atomic mass is 32.1. The fraction of sp³-hybridized carbons (Fsp3) is 0.333. The number of amides is 1. The molecule has 1 atom stereocenters. The quantitative estimate of drug-likeness (QED) is 0.719. The lowest BCUT2D eigenvalue weighted by Gasteiger charge is -2.34. The van der Waals surface area contributed by atoms with Gasteiger partial charge in [-0.2, -0.15) is 0 Å². The highest BCUT2D eigenvalue weighted by Gasteiger charge is 2.25. The second kappa shape index (κ2) is 8.03. The normalized spacial score (nSPS) is 17.9. The minimum atomic E-state index is -0.154. The highest BCUT2D eigenvalue weighted by Crippen LogP contribution is 2.33. The first-order valence-corrected chi connectivity index (χ1v) is 10.4. The van der Waals surface area contributed by atoms with Crippen LogP contribution in [0.2, 0.25) is 0 Å². The third-order valence-corrected chi connectivity index (χ3v) is 5.99. The topological polar surface area (TPSA) is 71.0 Å². The lowest BCUT2D eigenvalue weighted by atomic mass is 10.0. The van der Waals surface area contributed by atoms with Crippen LogP contribution in [-0.4, -0.2) is 32.5 Å². The van der Waals surface area contributed by atoms with Crippen LogP contribution in [0.4, 0.5) is 5.13 Å². The van der Waals surface area contributed by atoms with Crippen LogP contribution in [0.3, 0.4) is 0 Å². The summed E-state index contributed by atoms with van der Waals surface area (Å²) in [6, 6.07) is 8.18. The Kier molecular flexibility index (Phi) is 5.33. The molecule has 1 aliphatic heterocycles. The van der Waals surface area contributed by atoms with Crippen LogP contribution in [0.25, 0.3) is 0 Å². The van der Waals surface area contributed by atoms with E-state index in [-0.39, 0.29) is 5.91 Å². The Morgan fingerprint density at radius 3 is 3.08 bits per heavy atom. The Morgan fingerprint density at radius 2 is 2.27 bits per heavy atom. The molecule has 0 bridgehead atoms. The average Bonchev–Trinajstić information content (AvgIpc) is 3.36. The van der Waals surface area contributed by atoms with E-state index in [2.05, 4.69) is 31.5 Å². The summed E-state index contributed by atoms with van der Waals surface area (Å²) in [5.74, 6) is -0.154. The van der Waals surface area contributed by atoms with Crippen molar-refractivity contribution >= 4 is 33.7 Å². The Hall–Kier alpha value is -2.16. The van der Waals surface area contributed by atoms with Gasteiger partial charge in [-0.05, 0) is 37.1 Å². The number of rotatable bonds is 5. The number of carbonyl (C=O) groups excluding carboxylic acids is 1. The maximum absolute atomic E-state index is 12.4. The molecule has 0 saturated carbocycles. The number of likely N-dealkylation sites (tertiary alicyclic amines) is 1. The van der Waals surface area contributed by atoms with Gasteiger partial charge in [-0.3, -0.25) is 15.0 Å². The molecule has 0 radical (unpaired) electrons. The zero-order chi connectivity index (χ0) is 17.8. The number of hydrogen-bond donors (Lipinski definition) is 1. The molecule has 1 fully saturated rings. The zero-order valence-electron chi connectivity index (χ0n) is 14.2. The number of anilines is 1. The summed E-state index contributed by atoms with van der Waals surface area (Å²) < 4.78 is 0. The van der Waals surface area contributed by atoms with Crippen molar-refractivity contribution in [1.82, 2.24) is 20.1 Å². The molecule has 0 spiro atoms. The molecule has 3 heterocycles. The van der Waals surface area contributed by atoms with E-state index in [1.807, 2.05) is 29.8 Å². The van der Waals surface area contributed by atoms with Gasteiger partial charge in [0.25, 0.3) is 5.91 Å². The van der Waals surface area contributed by atoms with Crippen molar-refractivity contribution < 1.29 is 4.79 Å². The van der Waals surface area contributed by atoms with E-state index in [0.717, 1.165) is 25.1 Å². The van der Waals surface area contributed by atoms with Gasteiger partial charge < -0.3 is 0 Å². The van der Waals surface area contributed by atoms with Crippen LogP contribution in [0.5, 0.6) is 0 Å². The maximum Gasteiger partial charge on any atom is 0.257 e. The molecule has 0 aliphatic carbocycles. The smallest absolute Gasteiger partial charge is 0.257 e. The third-order valence-electron chi connectivity index (χ3n) is 4.51. The monoisotopic (exact) mass is 385 g/mol. The van der Waals surface area contributed by atoms with Crippen molar-refractivity contribution in [2.24, 2.45) is 0 Å². The number of thiazole rings is 1. The summed E-state index contributed by atoms with van der Waals surface area (Å²) in [5, 5.41) is 14.1. The average molecular weight is 386 g/mol. The Balaban J connectivity index is 1.48. The second-order valence-corrected chi connectivity index (χ2v) is 8.01. The van der Waals surface area contributed by atoms with Gasteiger partial charge >= 0.3 is 0 Å². The van der Waals surface area contributed by atoms with E-state index in [1.54, 1.807) is 16.8 Å². The van der Waals surface area contributed by atoms with Crippen LogP contribution < -0.4 is 5.32 Å². The summed E-state index contributed by atoms with van der Waals surface area (Å²) in [6.07, 6.45) is 5.47. The van der Waals surface area contributed by atoms with Crippen molar-refractivity contribution in [3.8, 4) is 0 Å². The summed E-state index contributed by atoms with van der Waals surface area (Å²) in [7, 11) is 0. The molecule has 4 rings (SSSR count). The molecular formula is C18H19N5OS2. The number of hydrogen-bond acceptors (Lipinski definition) is 7. The molecule has 6 nitrogen and oxygen atoms in total. The first-order chi connectivity index (χ1) is 12.8. The van der Waals surface area contributed by atoms with Crippen LogP contribution in [0, 0.1) is 0 Å². The minimum Gasteiger partial charge on any atom is -0.296 e. The van der Waals surface area contributed by atoms with Gasteiger partial charge in [0.05, 0.1) is 6.04 Å². The number of aromatic nitrogens is 3. The summed E-state index contributed by atoms with van der Waals surface area (Å²) in [5.41, 5.74) is 3.38. The fourth-order valence-electron chi connectivity index (χ4n) is 3.30. The van der Waals surface area contributed by atoms with E-state index in [9.17, 15) is 4.79 Å². The van der Waals surface area contributed by atoms with E-state index >= 15 is 0 Å². The summed E-state index contributed by atoms with van der Waals surface area (Å²) >= 11 is 3.03. The van der Waals surface area contributed by atoms with Crippen molar-refractivity contribution in [2.45, 2.75) is 31.8 Å². The van der Waals surface area contributed by atoms with Gasteiger partial charge in [0.15, 0.2) is 0 Å². The molecule has 1 aliphatic rings. The van der Waals surface area contributed by atoms with Crippen LogP contribution in [-0.2, 0) is 6.54 Å². The van der Waals surface area contributed by atoms with Crippen molar-refractivity contribution in [3.63, 3.8) is 0 Å². The van der Waals surface area contributed by atoms with Crippen LogP contribution in [0.1, 0.15) is 46.2 Å². The predicted octanol–water partition coefficient (Wildman–Crippen LogP) is 3.97. The summed E-state index contributed by atoms with van der Waals surface area (Å²) in [4.78, 5) is 19.4. The number of nitrogens with one attached hydrogen (secondary N) is 1. The van der Waals surface area contributed by atoms with E-state index in [4.69, 9.17) is 0 Å². The number of benzene rings is 1. The fourth-order valence-corrected chi connectivity index (χ4v) is 4.55. The second-order valence-electron chi connectivity index (χ2n) is 6.25. The first kappa shape index (κ1) is 17.3. The van der Waals surface area contributed by atoms with Gasteiger partial charge in [0, 0.05) is 23.7 Å². The largest absolute Gasteiger partial charge is 0.296 e.